The van der Waals surface area contributed by atoms with Crippen molar-refractivity contribution >= 4 is 21.8 Å². The van der Waals surface area contributed by atoms with Gasteiger partial charge >= 0.3 is 0 Å². The SMILES string of the molecule is CCCCCCC(=O)N(C)Cc1cccc(Br)c1. The minimum Gasteiger partial charge on any atom is -0.341 e. The predicted molar refractivity (Wildman–Crippen MR) is 79.4 cm³/mol. The summed E-state index contributed by atoms with van der Waals surface area (Å²) in [5, 5.41) is 0. The molecule has 3 heteroatoms. The van der Waals surface area contributed by atoms with Crippen molar-refractivity contribution in [1.29, 1.82) is 0 Å². The van der Waals surface area contributed by atoms with Crippen LogP contribution in [0.5, 0.6) is 0 Å². The lowest BCUT2D eigenvalue weighted by Gasteiger charge is -2.17. The van der Waals surface area contributed by atoms with E-state index in [0.717, 1.165) is 22.9 Å². The van der Waals surface area contributed by atoms with E-state index >= 15 is 0 Å². The first-order chi connectivity index (χ1) is 8.63. The van der Waals surface area contributed by atoms with Crippen molar-refractivity contribution in [3.63, 3.8) is 0 Å². The normalized spacial score (nSPS) is 10.4. The van der Waals surface area contributed by atoms with E-state index < -0.39 is 0 Å². The van der Waals surface area contributed by atoms with Gasteiger partial charge in [-0.1, -0.05) is 54.2 Å². The molecule has 1 aromatic rings. The van der Waals surface area contributed by atoms with Gasteiger partial charge in [0.1, 0.15) is 0 Å². The van der Waals surface area contributed by atoms with Gasteiger partial charge in [0, 0.05) is 24.5 Å². The first kappa shape index (κ1) is 15.2. The van der Waals surface area contributed by atoms with Crippen LogP contribution < -0.4 is 0 Å². The number of hydrogen-bond donors (Lipinski definition) is 0. The van der Waals surface area contributed by atoms with Crippen LogP contribution in [0.4, 0.5) is 0 Å². The van der Waals surface area contributed by atoms with E-state index in [2.05, 4.69) is 28.9 Å². The zero-order valence-corrected chi connectivity index (χ0v) is 12.9. The monoisotopic (exact) mass is 311 g/mol. The van der Waals surface area contributed by atoms with Gasteiger partial charge in [-0.2, -0.15) is 0 Å². The van der Waals surface area contributed by atoms with E-state index in [1.165, 1.54) is 12.8 Å². The zero-order chi connectivity index (χ0) is 13.4. The predicted octanol–water partition coefficient (Wildman–Crippen LogP) is 4.38. The number of carbonyl (C=O) groups excluding carboxylic acids is 1. The fourth-order valence-electron chi connectivity index (χ4n) is 1.89. The Labute approximate surface area is 119 Å². The van der Waals surface area contributed by atoms with Gasteiger partial charge < -0.3 is 4.90 Å². The maximum Gasteiger partial charge on any atom is 0.222 e. The molecule has 1 aromatic carbocycles. The van der Waals surface area contributed by atoms with Gasteiger partial charge in [-0.3, -0.25) is 4.79 Å². The third kappa shape index (κ3) is 5.67. The second-order valence-corrected chi connectivity index (χ2v) is 5.61. The van der Waals surface area contributed by atoms with Crippen LogP contribution in [0, 0.1) is 0 Å². The molecule has 1 rings (SSSR count). The molecular weight excluding hydrogens is 290 g/mol. The van der Waals surface area contributed by atoms with Crippen LogP contribution in [0.15, 0.2) is 28.7 Å². The zero-order valence-electron chi connectivity index (χ0n) is 11.3. The number of unbranched alkanes of at least 4 members (excludes halogenated alkanes) is 3. The van der Waals surface area contributed by atoms with Gasteiger partial charge in [0.2, 0.25) is 5.91 Å². The second-order valence-electron chi connectivity index (χ2n) is 4.69. The molecular formula is C15H22BrNO. The maximum absolute atomic E-state index is 11.9. The maximum atomic E-state index is 11.9. The molecule has 0 saturated carbocycles. The highest BCUT2D eigenvalue weighted by Gasteiger charge is 2.08. The standard InChI is InChI=1S/C15H22BrNO/c1-3-4-5-6-10-15(18)17(2)12-13-8-7-9-14(16)11-13/h7-9,11H,3-6,10,12H2,1-2H3. The van der Waals surface area contributed by atoms with Crippen molar-refractivity contribution in [2.45, 2.75) is 45.6 Å². The van der Waals surface area contributed by atoms with Gasteiger partial charge in [-0.15, -0.1) is 0 Å². The Bertz CT molecular complexity index is 379. The molecule has 0 N–H and O–H groups in total. The van der Waals surface area contributed by atoms with E-state index in [4.69, 9.17) is 0 Å². The topological polar surface area (TPSA) is 20.3 Å². The third-order valence-electron chi connectivity index (χ3n) is 2.98. The summed E-state index contributed by atoms with van der Waals surface area (Å²) in [6.07, 6.45) is 5.28. The number of hydrogen-bond acceptors (Lipinski definition) is 1. The molecule has 0 radical (unpaired) electrons. The third-order valence-corrected chi connectivity index (χ3v) is 3.47. The lowest BCUT2D eigenvalue weighted by atomic mass is 10.1. The molecule has 18 heavy (non-hydrogen) atoms. The number of benzene rings is 1. The Morgan fingerprint density at radius 2 is 2.06 bits per heavy atom. The molecule has 0 aliphatic rings. The highest BCUT2D eigenvalue weighted by Crippen LogP contribution is 2.13. The van der Waals surface area contributed by atoms with Gasteiger partial charge in [0.25, 0.3) is 0 Å². The second kappa shape index (κ2) is 8.30. The van der Waals surface area contributed by atoms with Crippen molar-refractivity contribution in [2.24, 2.45) is 0 Å². The quantitative estimate of drug-likeness (QED) is 0.684. The number of halogens is 1. The minimum absolute atomic E-state index is 0.242. The largest absolute Gasteiger partial charge is 0.341 e. The molecule has 1 amide bonds. The van der Waals surface area contributed by atoms with Crippen LogP contribution in [0.1, 0.15) is 44.6 Å². The lowest BCUT2D eigenvalue weighted by Crippen LogP contribution is -2.25. The van der Waals surface area contributed by atoms with Crippen molar-refractivity contribution in [1.82, 2.24) is 4.90 Å². The highest BCUT2D eigenvalue weighted by atomic mass is 79.9. The van der Waals surface area contributed by atoms with E-state index in [0.29, 0.717) is 13.0 Å². The van der Waals surface area contributed by atoms with Crippen LogP contribution in [0.25, 0.3) is 0 Å². The summed E-state index contributed by atoms with van der Waals surface area (Å²) in [6, 6.07) is 8.10. The Morgan fingerprint density at radius 1 is 1.28 bits per heavy atom. The molecule has 0 spiro atoms. The Kier molecular flexibility index (Phi) is 7.02. The van der Waals surface area contributed by atoms with E-state index in [1.807, 2.05) is 30.1 Å². The van der Waals surface area contributed by atoms with Gasteiger partial charge in [0.05, 0.1) is 0 Å². The van der Waals surface area contributed by atoms with E-state index in [1.54, 1.807) is 0 Å². The summed E-state index contributed by atoms with van der Waals surface area (Å²) in [7, 11) is 1.88. The lowest BCUT2D eigenvalue weighted by molar-refractivity contribution is -0.130. The summed E-state index contributed by atoms with van der Waals surface area (Å²) in [4.78, 5) is 13.7. The van der Waals surface area contributed by atoms with Crippen LogP contribution >= 0.6 is 15.9 Å². The molecule has 0 heterocycles. The molecule has 0 aliphatic carbocycles. The fourth-order valence-corrected chi connectivity index (χ4v) is 2.34. The summed E-state index contributed by atoms with van der Waals surface area (Å²) in [5.41, 5.74) is 1.16. The molecule has 0 aliphatic heterocycles. The van der Waals surface area contributed by atoms with Gasteiger partial charge in [-0.25, -0.2) is 0 Å². The number of rotatable bonds is 7. The van der Waals surface area contributed by atoms with E-state index in [-0.39, 0.29) is 5.91 Å². The molecule has 0 unspecified atom stereocenters. The molecule has 0 atom stereocenters. The first-order valence-corrected chi connectivity index (χ1v) is 7.41. The molecule has 0 saturated heterocycles. The summed E-state index contributed by atoms with van der Waals surface area (Å²) in [6.45, 7) is 2.87. The highest BCUT2D eigenvalue weighted by molar-refractivity contribution is 9.10. The Morgan fingerprint density at radius 3 is 2.72 bits per heavy atom. The van der Waals surface area contributed by atoms with Crippen molar-refractivity contribution in [2.75, 3.05) is 7.05 Å². The molecule has 0 bridgehead atoms. The Hall–Kier alpha value is -0.830. The van der Waals surface area contributed by atoms with Gasteiger partial charge in [-0.05, 0) is 24.1 Å². The van der Waals surface area contributed by atoms with Crippen LogP contribution in [-0.4, -0.2) is 17.9 Å². The average Bonchev–Trinajstić information content (AvgIpc) is 2.34. The van der Waals surface area contributed by atoms with Crippen LogP contribution in [0.2, 0.25) is 0 Å². The summed E-state index contributed by atoms with van der Waals surface area (Å²) < 4.78 is 1.06. The molecule has 0 fully saturated rings. The van der Waals surface area contributed by atoms with Crippen molar-refractivity contribution in [3.8, 4) is 0 Å². The Balaban J connectivity index is 2.35. The van der Waals surface area contributed by atoms with Crippen molar-refractivity contribution in [3.05, 3.63) is 34.3 Å². The minimum atomic E-state index is 0.242. The number of nitrogens with zero attached hydrogens (tertiary/aromatic N) is 1. The van der Waals surface area contributed by atoms with Gasteiger partial charge in [0.15, 0.2) is 0 Å². The molecule has 2 nitrogen and oxygen atoms in total. The number of amides is 1. The van der Waals surface area contributed by atoms with Crippen LogP contribution in [-0.2, 0) is 11.3 Å². The average molecular weight is 312 g/mol. The van der Waals surface area contributed by atoms with Crippen LogP contribution in [0.3, 0.4) is 0 Å². The first-order valence-electron chi connectivity index (χ1n) is 6.62. The van der Waals surface area contributed by atoms with E-state index in [9.17, 15) is 4.79 Å². The summed E-state index contributed by atoms with van der Waals surface area (Å²) >= 11 is 3.44. The molecule has 100 valence electrons. The fraction of sp³-hybridized carbons (Fsp3) is 0.533. The number of carbonyl (C=O) groups is 1. The van der Waals surface area contributed by atoms with Crippen molar-refractivity contribution < 1.29 is 4.79 Å². The smallest absolute Gasteiger partial charge is 0.222 e. The summed E-state index contributed by atoms with van der Waals surface area (Å²) in [5.74, 6) is 0.242. The molecule has 0 aromatic heterocycles.